The molecule has 0 bridgehead atoms. The zero-order chi connectivity index (χ0) is 25.7. The molecule has 188 valence electrons. The number of aromatic amines is 1. The Hall–Kier alpha value is -3.51. The summed E-state index contributed by atoms with van der Waals surface area (Å²) in [6.07, 6.45) is 6.46. The number of alkyl halides is 1. The molecule has 37 heavy (non-hydrogen) atoms. The van der Waals surface area contributed by atoms with Gasteiger partial charge >= 0.3 is 0 Å². The summed E-state index contributed by atoms with van der Waals surface area (Å²) in [7, 11) is 0. The maximum absolute atomic E-state index is 16.2. The van der Waals surface area contributed by atoms with Gasteiger partial charge < -0.3 is 4.98 Å². The van der Waals surface area contributed by atoms with Gasteiger partial charge in [0.2, 0.25) is 0 Å². The Bertz CT molecular complexity index is 1590. The number of rotatable bonds is 3. The van der Waals surface area contributed by atoms with Crippen molar-refractivity contribution in [1.82, 2.24) is 24.6 Å². The van der Waals surface area contributed by atoms with E-state index in [0.29, 0.717) is 5.69 Å². The second-order valence-electron chi connectivity index (χ2n) is 11.5. The zero-order valence-electron chi connectivity index (χ0n) is 22.1. The number of H-pyrrole nitrogens is 1. The van der Waals surface area contributed by atoms with Crippen molar-refractivity contribution in [2.45, 2.75) is 70.8 Å². The predicted molar refractivity (Wildman–Crippen MR) is 143 cm³/mol. The van der Waals surface area contributed by atoms with E-state index in [0.717, 1.165) is 59.0 Å². The van der Waals surface area contributed by atoms with Crippen molar-refractivity contribution in [2.24, 2.45) is 0 Å². The van der Waals surface area contributed by atoms with Crippen LogP contribution in [-0.4, -0.2) is 24.6 Å². The molecule has 7 rings (SSSR count). The van der Waals surface area contributed by atoms with Gasteiger partial charge in [0, 0.05) is 36.6 Å². The van der Waals surface area contributed by atoms with Gasteiger partial charge in [-0.1, -0.05) is 31.2 Å². The van der Waals surface area contributed by atoms with E-state index in [1.807, 2.05) is 30.6 Å². The molecule has 3 aliphatic rings. The molecule has 5 heterocycles. The summed E-state index contributed by atoms with van der Waals surface area (Å²) in [5.41, 5.74) is 8.24. The van der Waals surface area contributed by atoms with Crippen molar-refractivity contribution in [3.63, 3.8) is 0 Å². The van der Waals surface area contributed by atoms with Crippen LogP contribution in [0.4, 0.5) is 4.39 Å². The smallest absolute Gasteiger partial charge is 0.166 e. The summed E-state index contributed by atoms with van der Waals surface area (Å²) >= 11 is 0. The van der Waals surface area contributed by atoms with Crippen LogP contribution in [0.3, 0.4) is 0 Å². The number of halogens is 1. The van der Waals surface area contributed by atoms with Crippen molar-refractivity contribution in [2.75, 3.05) is 0 Å². The first-order chi connectivity index (χ1) is 17.7. The summed E-state index contributed by atoms with van der Waals surface area (Å²) in [6.45, 7) is 12.1. The van der Waals surface area contributed by atoms with Gasteiger partial charge in [-0.2, -0.15) is 5.10 Å². The second kappa shape index (κ2) is 7.29. The van der Waals surface area contributed by atoms with Crippen LogP contribution in [0.2, 0.25) is 0 Å². The third-order valence-corrected chi connectivity index (χ3v) is 8.99. The van der Waals surface area contributed by atoms with Crippen molar-refractivity contribution >= 4 is 5.57 Å². The summed E-state index contributed by atoms with van der Waals surface area (Å²) in [4.78, 5) is 10.3. The number of nitrogens with zero attached hydrogens (tertiary/aromatic N) is 4. The van der Waals surface area contributed by atoms with E-state index in [2.05, 4.69) is 77.6 Å². The first kappa shape index (κ1) is 22.7. The fraction of sp³-hybridized carbons (Fsp3) is 0.355. The van der Waals surface area contributed by atoms with Crippen LogP contribution < -0.4 is 0 Å². The Balaban J connectivity index is 1.51. The minimum atomic E-state index is -1.58. The van der Waals surface area contributed by atoms with E-state index in [4.69, 9.17) is 5.10 Å². The Labute approximate surface area is 217 Å². The first-order valence-corrected chi connectivity index (χ1v) is 13.2. The van der Waals surface area contributed by atoms with Crippen molar-refractivity contribution < 1.29 is 4.39 Å². The Kier molecular flexibility index (Phi) is 4.46. The lowest BCUT2D eigenvalue weighted by molar-refractivity contribution is 0.120. The number of para-hydroxylation sites is 1. The van der Waals surface area contributed by atoms with Gasteiger partial charge in [0.05, 0.1) is 39.4 Å². The third-order valence-electron chi connectivity index (χ3n) is 8.99. The maximum Gasteiger partial charge on any atom is 0.166 e. The second-order valence-corrected chi connectivity index (χ2v) is 11.5. The van der Waals surface area contributed by atoms with Crippen molar-refractivity contribution in [1.29, 1.82) is 0 Å². The molecular weight excluding hydrogens is 461 g/mol. The number of pyridine rings is 1. The standard InChI is InChI=1S/C31H32FN5/c1-6-19-10-9-12-21-24-16-30(4,32)27-23(13-15-34-27)31(24,5)28-22-18-36(17-20-11-7-8-14-33-20)29(2,3)26(22)35-37(28)25(19)21/h7-16,34H,6,17-18H2,1-5H3. The number of nitrogens with one attached hydrogen (secondary N) is 1. The molecule has 6 heteroatoms. The van der Waals surface area contributed by atoms with Crippen LogP contribution in [0.25, 0.3) is 11.3 Å². The van der Waals surface area contributed by atoms with Crippen LogP contribution in [0.1, 0.15) is 79.6 Å². The number of hydrogen-bond donors (Lipinski definition) is 1. The third kappa shape index (κ3) is 2.82. The predicted octanol–water partition coefficient (Wildman–Crippen LogP) is 6.31. The molecule has 0 saturated heterocycles. The van der Waals surface area contributed by atoms with Gasteiger partial charge in [-0.25, -0.2) is 9.07 Å². The topological polar surface area (TPSA) is 49.7 Å². The van der Waals surface area contributed by atoms with Crippen LogP contribution in [0.15, 0.2) is 60.9 Å². The molecule has 5 nitrogen and oxygen atoms in total. The monoisotopic (exact) mass is 493 g/mol. The van der Waals surface area contributed by atoms with E-state index in [9.17, 15) is 0 Å². The lowest BCUT2D eigenvalue weighted by atomic mass is 9.62. The molecule has 0 fully saturated rings. The average Bonchev–Trinajstić information content (AvgIpc) is 3.58. The summed E-state index contributed by atoms with van der Waals surface area (Å²) in [6, 6.07) is 14.6. The number of benzene rings is 1. The largest absolute Gasteiger partial charge is 0.362 e. The normalized spacial score (nSPS) is 25.1. The first-order valence-electron chi connectivity index (χ1n) is 13.2. The zero-order valence-corrected chi connectivity index (χ0v) is 22.1. The molecule has 1 aliphatic carbocycles. The van der Waals surface area contributed by atoms with E-state index in [1.165, 1.54) is 11.1 Å². The average molecular weight is 494 g/mol. The highest BCUT2D eigenvalue weighted by Gasteiger charge is 2.54. The molecule has 4 aromatic rings. The molecule has 1 aromatic carbocycles. The number of fused-ring (bicyclic) bond motifs is 10. The lowest BCUT2D eigenvalue weighted by Crippen LogP contribution is -2.41. The molecule has 0 radical (unpaired) electrons. The fourth-order valence-corrected chi connectivity index (χ4v) is 7.02. The van der Waals surface area contributed by atoms with Crippen LogP contribution in [-0.2, 0) is 36.1 Å². The highest BCUT2D eigenvalue weighted by atomic mass is 19.1. The van der Waals surface area contributed by atoms with Gasteiger partial charge in [0.25, 0.3) is 0 Å². The molecule has 0 amide bonds. The van der Waals surface area contributed by atoms with Crippen LogP contribution in [0.5, 0.6) is 0 Å². The maximum atomic E-state index is 16.2. The lowest BCUT2D eigenvalue weighted by Gasteiger charge is -2.44. The summed E-state index contributed by atoms with van der Waals surface area (Å²) < 4.78 is 18.4. The van der Waals surface area contributed by atoms with E-state index in [-0.39, 0.29) is 5.54 Å². The molecule has 2 aliphatic heterocycles. The number of hydrogen-bond acceptors (Lipinski definition) is 3. The van der Waals surface area contributed by atoms with Gasteiger partial charge in [-0.3, -0.25) is 9.88 Å². The molecular formula is C31H32FN5. The number of allylic oxidation sites excluding steroid dienone is 2. The Morgan fingerprint density at radius 1 is 1.05 bits per heavy atom. The molecule has 3 aromatic heterocycles. The van der Waals surface area contributed by atoms with Crippen molar-refractivity contribution in [3.8, 4) is 5.69 Å². The summed E-state index contributed by atoms with van der Waals surface area (Å²) in [5.74, 6) is 0. The molecule has 2 unspecified atom stereocenters. The van der Waals surface area contributed by atoms with Crippen LogP contribution >= 0.6 is 0 Å². The van der Waals surface area contributed by atoms with Crippen molar-refractivity contribution in [3.05, 3.63) is 106 Å². The molecule has 0 spiro atoms. The highest BCUT2D eigenvalue weighted by molar-refractivity contribution is 5.89. The van der Waals surface area contributed by atoms with Gasteiger partial charge in [-0.15, -0.1) is 0 Å². The molecule has 0 saturated carbocycles. The Morgan fingerprint density at radius 3 is 2.65 bits per heavy atom. The minimum absolute atomic E-state index is 0.275. The van der Waals surface area contributed by atoms with Gasteiger partial charge in [-0.05, 0) is 75.1 Å². The summed E-state index contributed by atoms with van der Waals surface area (Å²) in [5, 5.41) is 5.38. The van der Waals surface area contributed by atoms with E-state index < -0.39 is 11.1 Å². The quantitative estimate of drug-likeness (QED) is 0.364. The minimum Gasteiger partial charge on any atom is -0.362 e. The van der Waals surface area contributed by atoms with E-state index in [1.54, 1.807) is 6.92 Å². The van der Waals surface area contributed by atoms with Gasteiger partial charge in [0.1, 0.15) is 0 Å². The SMILES string of the molecule is CCc1cccc2c1-n1nc3c(c1C1(C)C2=CC(C)(F)c2[nH]ccc21)CN(Cc1ccccn1)C3(C)C. The fourth-order valence-electron chi connectivity index (χ4n) is 7.02. The number of aryl methyl sites for hydroxylation is 1. The molecule has 1 N–H and O–H groups in total. The molecule has 2 atom stereocenters. The Morgan fingerprint density at radius 2 is 1.89 bits per heavy atom. The highest BCUT2D eigenvalue weighted by Crippen LogP contribution is 2.59. The van der Waals surface area contributed by atoms with Gasteiger partial charge in [0.15, 0.2) is 5.67 Å². The number of aromatic nitrogens is 4. The van der Waals surface area contributed by atoms with Crippen LogP contribution in [0, 0.1) is 0 Å². The van der Waals surface area contributed by atoms with E-state index >= 15 is 4.39 Å².